The van der Waals surface area contributed by atoms with Crippen molar-refractivity contribution in [3.05, 3.63) is 66.2 Å². The number of nitrogens with zero attached hydrogens (tertiary/aromatic N) is 6. The molecule has 1 saturated heterocycles. The molecule has 4 heterocycles. The van der Waals surface area contributed by atoms with Crippen molar-refractivity contribution in [1.29, 1.82) is 0 Å². The van der Waals surface area contributed by atoms with Gasteiger partial charge in [-0.1, -0.05) is 18.2 Å². The molecule has 1 aliphatic heterocycles. The van der Waals surface area contributed by atoms with Gasteiger partial charge in [-0.25, -0.2) is 17.9 Å². The first kappa shape index (κ1) is 22.2. The number of aromatic nitrogens is 5. The van der Waals surface area contributed by atoms with Gasteiger partial charge in [0, 0.05) is 18.5 Å². The fraction of sp³-hybridized carbons (Fsp3) is 0.400. The number of likely N-dealkylation sites (tertiary alicyclic amines) is 1. The molecule has 6 rings (SSSR count). The summed E-state index contributed by atoms with van der Waals surface area (Å²) in [5.41, 5.74) is 3.24. The predicted octanol–water partition coefficient (Wildman–Crippen LogP) is 3.00. The molecule has 1 saturated carbocycles. The molecule has 4 aromatic rings. The zero-order chi connectivity index (χ0) is 23.8. The molecule has 1 aromatic carbocycles. The number of ether oxygens (including phenoxy) is 1. The summed E-state index contributed by atoms with van der Waals surface area (Å²) in [6.07, 6.45) is 7.70. The Balaban J connectivity index is 1.16. The van der Waals surface area contributed by atoms with Gasteiger partial charge in [0.1, 0.15) is 12.4 Å². The highest BCUT2D eigenvalue weighted by Crippen LogP contribution is 2.30. The summed E-state index contributed by atoms with van der Waals surface area (Å²) in [6.45, 7) is 4.03. The van der Waals surface area contributed by atoms with Gasteiger partial charge in [-0.2, -0.15) is 14.3 Å². The Bertz CT molecular complexity index is 1430. The van der Waals surface area contributed by atoms with Crippen LogP contribution in [0.2, 0.25) is 0 Å². The molecule has 182 valence electrons. The number of benzene rings is 1. The van der Waals surface area contributed by atoms with E-state index in [1.54, 1.807) is 16.9 Å². The third-order valence-electron chi connectivity index (χ3n) is 6.63. The molecule has 0 spiro atoms. The second-order valence-corrected chi connectivity index (χ2v) is 11.3. The number of rotatable bonds is 9. The molecule has 0 atom stereocenters. The summed E-state index contributed by atoms with van der Waals surface area (Å²) < 4.78 is 33.8. The average Bonchev–Trinajstić information content (AvgIpc) is 3.23. The minimum atomic E-state index is -3.41. The lowest BCUT2D eigenvalue weighted by Gasteiger charge is -2.14. The van der Waals surface area contributed by atoms with Crippen LogP contribution in [0.15, 0.2) is 54.9 Å². The Kier molecular flexibility index (Phi) is 5.77. The molecule has 1 aliphatic carbocycles. The van der Waals surface area contributed by atoms with Gasteiger partial charge in [0.2, 0.25) is 0 Å². The van der Waals surface area contributed by atoms with Crippen molar-refractivity contribution in [2.24, 2.45) is 0 Å². The monoisotopic (exact) mass is 492 g/mol. The molecule has 9 nitrogen and oxygen atoms in total. The Morgan fingerprint density at radius 2 is 1.83 bits per heavy atom. The highest BCUT2D eigenvalue weighted by atomic mass is 32.2. The van der Waals surface area contributed by atoms with Crippen molar-refractivity contribution in [2.45, 2.75) is 37.4 Å². The maximum atomic E-state index is 12.5. The first-order chi connectivity index (χ1) is 17.1. The number of hydrogen-bond acceptors (Lipinski definition) is 7. The lowest BCUT2D eigenvalue weighted by atomic mass is 10.1. The lowest BCUT2D eigenvalue weighted by Crippen LogP contribution is -2.25. The SMILES string of the molecule is O=S(=O)(C1CC1)n1cc(-c2cccc3nc(Cc4ccc(OCCN5CCCC5)cc4)nn23)cn1. The smallest absolute Gasteiger partial charge is 0.256 e. The van der Waals surface area contributed by atoms with Gasteiger partial charge in [-0.05, 0) is 68.6 Å². The van der Waals surface area contributed by atoms with Crippen LogP contribution >= 0.6 is 0 Å². The van der Waals surface area contributed by atoms with Crippen LogP contribution in [0.1, 0.15) is 37.1 Å². The largest absolute Gasteiger partial charge is 0.492 e. The van der Waals surface area contributed by atoms with Crippen LogP contribution in [0, 0.1) is 0 Å². The molecule has 0 N–H and O–H groups in total. The molecule has 0 unspecified atom stereocenters. The van der Waals surface area contributed by atoms with Crippen molar-refractivity contribution >= 4 is 15.7 Å². The first-order valence-electron chi connectivity index (χ1n) is 12.1. The van der Waals surface area contributed by atoms with Gasteiger partial charge < -0.3 is 4.74 Å². The van der Waals surface area contributed by atoms with Crippen LogP contribution in [-0.4, -0.2) is 68.6 Å². The Labute approximate surface area is 204 Å². The molecule has 0 radical (unpaired) electrons. The average molecular weight is 493 g/mol. The van der Waals surface area contributed by atoms with Crippen molar-refractivity contribution in [2.75, 3.05) is 26.2 Å². The lowest BCUT2D eigenvalue weighted by molar-refractivity contribution is 0.238. The van der Waals surface area contributed by atoms with Crippen LogP contribution in [0.3, 0.4) is 0 Å². The summed E-state index contributed by atoms with van der Waals surface area (Å²) in [7, 11) is -3.41. The van der Waals surface area contributed by atoms with Crippen LogP contribution in [0.25, 0.3) is 16.9 Å². The van der Waals surface area contributed by atoms with Crippen molar-refractivity contribution in [3.8, 4) is 17.0 Å². The van der Waals surface area contributed by atoms with Gasteiger partial charge in [-0.3, -0.25) is 4.90 Å². The van der Waals surface area contributed by atoms with Gasteiger partial charge in [0.05, 0.1) is 23.3 Å². The quantitative estimate of drug-likeness (QED) is 0.354. The minimum Gasteiger partial charge on any atom is -0.492 e. The van der Waals surface area contributed by atoms with E-state index in [0.717, 1.165) is 27.6 Å². The van der Waals surface area contributed by atoms with E-state index in [4.69, 9.17) is 9.84 Å². The van der Waals surface area contributed by atoms with Gasteiger partial charge >= 0.3 is 0 Å². The minimum absolute atomic E-state index is 0.314. The number of fused-ring (bicyclic) bond motifs is 1. The summed E-state index contributed by atoms with van der Waals surface area (Å²) in [5, 5.41) is 8.50. The number of pyridine rings is 1. The molecular formula is C25H28N6O3S. The van der Waals surface area contributed by atoms with E-state index < -0.39 is 10.0 Å². The van der Waals surface area contributed by atoms with E-state index in [0.29, 0.717) is 42.9 Å². The Morgan fingerprint density at radius 3 is 2.60 bits per heavy atom. The predicted molar refractivity (Wildman–Crippen MR) is 132 cm³/mol. The van der Waals surface area contributed by atoms with Crippen molar-refractivity contribution in [3.63, 3.8) is 0 Å². The molecule has 10 heteroatoms. The van der Waals surface area contributed by atoms with Gasteiger partial charge in [-0.15, -0.1) is 0 Å². The normalized spacial score (nSPS) is 16.8. The second kappa shape index (κ2) is 9.09. The molecule has 35 heavy (non-hydrogen) atoms. The molecular weight excluding hydrogens is 464 g/mol. The van der Waals surface area contributed by atoms with Gasteiger partial charge in [0.25, 0.3) is 10.0 Å². The van der Waals surface area contributed by atoms with Crippen LogP contribution < -0.4 is 4.74 Å². The van der Waals surface area contributed by atoms with E-state index in [1.165, 1.54) is 25.9 Å². The summed E-state index contributed by atoms with van der Waals surface area (Å²) in [4.78, 5) is 7.11. The van der Waals surface area contributed by atoms with E-state index in [2.05, 4.69) is 15.0 Å². The van der Waals surface area contributed by atoms with Crippen LogP contribution in [0.5, 0.6) is 5.75 Å². The summed E-state index contributed by atoms with van der Waals surface area (Å²) >= 11 is 0. The van der Waals surface area contributed by atoms with Crippen LogP contribution in [0.4, 0.5) is 0 Å². The summed E-state index contributed by atoms with van der Waals surface area (Å²) in [5.74, 6) is 1.56. The Hall–Kier alpha value is -3.24. The van der Waals surface area contributed by atoms with E-state index in [9.17, 15) is 8.42 Å². The van der Waals surface area contributed by atoms with Crippen molar-refractivity contribution in [1.82, 2.24) is 28.7 Å². The number of hydrogen-bond donors (Lipinski definition) is 0. The van der Waals surface area contributed by atoms with Gasteiger partial charge in [0.15, 0.2) is 11.5 Å². The second-order valence-electron chi connectivity index (χ2n) is 9.27. The van der Waals surface area contributed by atoms with E-state index >= 15 is 0 Å². The maximum absolute atomic E-state index is 12.5. The highest BCUT2D eigenvalue weighted by Gasteiger charge is 2.37. The zero-order valence-corrected chi connectivity index (χ0v) is 20.3. The molecule has 3 aromatic heterocycles. The van der Waals surface area contributed by atoms with Crippen molar-refractivity contribution < 1.29 is 13.2 Å². The fourth-order valence-corrected chi connectivity index (χ4v) is 6.00. The molecule has 2 aliphatic rings. The van der Waals surface area contributed by atoms with E-state index in [-0.39, 0.29) is 5.25 Å². The molecule has 0 amide bonds. The maximum Gasteiger partial charge on any atom is 0.256 e. The topological polar surface area (TPSA) is 94.6 Å². The standard InChI is InChI=1S/C25H28N6O3S/c32-35(33,22-10-11-22)30-18-20(17-26-30)23-4-3-5-25-27-24(28-31(23)25)16-19-6-8-21(9-7-19)34-15-14-29-12-1-2-13-29/h3-9,17-18,22H,1-2,10-16H2. The highest BCUT2D eigenvalue weighted by molar-refractivity contribution is 7.90. The van der Waals surface area contributed by atoms with Crippen LogP contribution in [-0.2, 0) is 16.4 Å². The third kappa shape index (κ3) is 4.68. The fourth-order valence-electron chi connectivity index (χ4n) is 4.52. The molecule has 2 fully saturated rings. The zero-order valence-electron chi connectivity index (χ0n) is 19.5. The third-order valence-corrected chi connectivity index (χ3v) is 8.66. The van der Waals surface area contributed by atoms with E-state index in [1.807, 2.05) is 42.5 Å². The molecule has 0 bridgehead atoms. The Morgan fingerprint density at radius 1 is 1.03 bits per heavy atom. The first-order valence-corrected chi connectivity index (χ1v) is 13.6. The summed E-state index contributed by atoms with van der Waals surface area (Å²) in [6, 6.07) is 13.8.